The minimum Gasteiger partial charge on any atom is -0.726 e. The summed E-state index contributed by atoms with van der Waals surface area (Å²) >= 11 is 0. The van der Waals surface area contributed by atoms with Crippen molar-refractivity contribution >= 4 is 57.8 Å². The van der Waals surface area contributed by atoms with Gasteiger partial charge in [0.2, 0.25) is 0 Å². The van der Waals surface area contributed by atoms with Gasteiger partial charge < -0.3 is 40.4 Å². The van der Waals surface area contributed by atoms with Crippen molar-refractivity contribution in [3.05, 3.63) is 75.4 Å². The van der Waals surface area contributed by atoms with Crippen LogP contribution in [0.2, 0.25) is 0 Å². The normalized spacial score (nSPS) is 14.4. The molecule has 6 N–H and O–H groups in total. The Hall–Kier alpha value is -1.15. The first-order chi connectivity index (χ1) is 20.1. The summed E-state index contributed by atoms with van der Waals surface area (Å²) in [6.07, 6.45) is 6.40. The smallest absolute Gasteiger partial charge is 0.726 e. The average molecular weight is 730 g/mol. The van der Waals surface area contributed by atoms with Gasteiger partial charge in [0.15, 0.2) is 0 Å². The van der Waals surface area contributed by atoms with E-state index in [-0.39, 0.29) is 153 Å². The van der Waals surface area contributed by atoms with Crippen LogP contribution in [0.1, 0.15) is 102 Å². The maximum atomic E-state index is 12.3. The first kappa shape index (κ1) is 49.0. The van der Waals surface area contributed by atoms with Crippen LogP contribution >= 0.6 is 0 Å². The summed E-state index contributed by atoms with van der Waals surface area (Å²) in [6.45, 7) is 13.9. The molecule has 241 valence electrons. The molecule has 3 aromatic heterocycles. The fraction of sp³-hybridized carbons (Fsp3) is 0.324. The molecule has 0 amide bonds. The Kier molecular flexibility index (Phi) is 21.1. The van der Waals surface area contributed by atoms with Gasteiger partial charge in [-0.3, -0.25) is 11.3 Å². The van der Waals surface area contributed by atoms with Gasteiger partial charge in [0.05, 0.1) is 17.7 Å². The molecule has 48 heavy (non-hydrogen) atoms. The van der Waals surface area contributed by atoms with Crippen LogP contribution in [0.25, 0.3) is 39.3 Å². The van der Waals surface area contributed by atoms with Crippen molar-refractivity contribution in [1.82, 2.24) is 19.9 Å². The average Bonchev–Trinajstić information content (AvgIpc) is 3.63. The van der Waals surface area contributed by atoms with Crippen LogP contribution in [-0.2, 0) is 48.8 Å². The number of aryl methyl sites for hydroxylation is 2. The number of nitrogens with zero attached hydrogens (tertiary/aromatic N) is 4. The van der Waals surface area contributed by atoms with Crippen molar-refractivity contribution in [2.24, 2.45) is 0 Å². The van der Waals surface area contributed by atoms with E-state index in [2.05, 4.69) is 13.5 Å². The van der Waals surface area contributed by atoms with Gasteiger partial charge in [0.25, 0.3) is 0 Å². The number of carbonyl (C=O) groups is 1. The van der Waals surface area contributed by atoms with Crippen molar-refractivity contribution in [2.75, 3.05) is 0 Å². The summed E-state index contributed by atoms with van der Waals surface area (Å²) in [5.74, 6) is -1.73. The number of aliphatic carboxylic acids is 1. The van der Waals surface area contributed by atoms with Crippen LogP contribution < -0.4 is 104 Å². The molecule has 0 fully saturated rings. The maximum absolute atomic E-state index is 12.3. The molecule has 0 aromatic carbocycles. The summed E-state index contributed by atoms with van der Waals surface area (Å²) in [6, 6.07) is 5.73. The molecular formula is C34H37CuN4Na3O6+2. The summed E-state index contributed by atoms with van der Waals surface area (Å²) in [4.78, 5) is 55.3. The van der Waals surface area contributed by atoms with Crippen molar-refractivity contribution in [2.45, 2.75) is 72.1 Å². The van der Waals surface area contributed by atoms with E-state index in [1.807, 2.05) is 51.5 Å². The van der Waals surface area contributed by atoms with Gasteiger partial charge in [0, 0.05) is 29.2 Å². The third-order valence-corrected chi connectivity index (χ3v) is 8.59. The Morgan fingerprint density at radius 1 is 0.979 bits per heavy atom. The Morgan fingerprint density at radius 3 is 2.17 bits per heavy atom. The zero-order chi connectivity index (χ0) is 30.3. The quantitative estimate of drug-likeness (QED) is 0.124. The van der Waals surface area contributed by atoms with Gasteiger partial charge in [-0.1, -0.05) is 57.2 Å². The van der Waals surface area contributed by atoms with E-state index < -0.39 is 5.97 Å². The molecule has 0 saturated heterocycles. The van der Waals surface area contributed by atoms with Crippen LogP contribution in [0.15, 0.2) is 24.8 Å². The first-order valence-electron chi connectivity index (χ1n) is 14.1. The number of allylic oxidation sites excluding steroid dienone is 2. The maximum Gasteiger partial charge on any atom is 2.00 e. The SMILES string of the molecule is C=Cc1c(C)c2cc3nc(c(C[C-]=O)c4[n-]c(cc5nc(cc1[n-]2)C(C)=C5CC)c(C)c4[C-]=O)C(CCC(=O)[O-])C3C.[Cu+2].[Na+].[Na+].[Na+].[OH3+].[OH3+]. The molecule has 10 nitrogen and oxygen atoms in total. The van der Waals surface area contributed by atoms with E-state index in [0.29, 0.717) is 33.5 Å². The molecule has 2 aliphatic heterocycles. The summed E-state index contributed by atoms with van der Waals surface area (Å²) in [7, 11) is 0. The van der Waals surface area contributed by atoms with E-state index in [4.69, 9.17) is 19.9 Å². The first-order valence-corrected chi connectivity index (χ1v) is 14.1. The number of hydrogen-bond acceptors (Lipinski definition) is 6. The number of fused-ring (bicyclic) bond motifs is 8. The topological polar surface area (TPSA) is 194 Å². The number of aromatic nitrogens is 4. The molecule has 14 heteroatoms. The minimum atomic E-state index is -1.17. The van der Waals surface area contributed by atoms with Gasteiger partial charge in [-0.2, -0.15) is 16.6 Å². The second kappa shape index (κ2) is 20.6. The Morgan fingerprint density at radius 2 is 1.60 bits per heavy atom. The largest absolute Gasteiger partial charge is 2.00 e. The van der Waals surface area contributed by atoms with Crippen LogP contribution in [0.5, 0.6) is 0 Å². The van der Waals surface area contributed by atoms with E-state index in [1.54, 1.807) is 13.0 Å². The molecule has 2 atom stereocenters. The van der Waals surface area contributed by atoms with Crippen LogP contribution in [0.4, 0.5) is 0 Å². The zero-order valence-electron chi connectivity index (χ0n) is 28.9. The number of hydrogen-bond donors (Lipinski definition) is 0. The second-order valence-electron chi connectivity index (χ2n) is 10.9. The standard InChI is InChI=1S/C34H33N4O4.Cu.3Na.2H2O/c1-7-21-17(3)26-13-28-19(5)23(9-10-32(41)42)33(37-28)24(11-12-39)34-25(16-40)20(6)29(38-34)15-31-22(8-2)18(4)27(36-31)14-30(21)35-26;;;;;;/h7,13-15,19,23H,1,8-11H2,2-6H3,(H2-,35,36,37,38,40,41,42);;;;;2*1H2/q-3;+2;3*+1;;. The fourth-order valence-corrected chi connectivity index (χ4v) is 6.14. The number of rotatable bonds is 8. The molecule has 3 aromatic rings. The van der Waals surface area contributed by atoms with Gasteiger partial charge >= 0.3 is 106 Å². The van der Waals surface area contributed by atoms with Crippen LogP contribution in [0.3, 0.4) is 0 Å². The predicted molar refractivity (Wildman–Crippen MR) is 171 cm³/mol. The van der Waals surface area contributed by atoms with Gasteiger partial charge in [0.1, 0.15) is 0 Å². The van der Waals surface area contributed by atoms with E-state index >= 15 is 0 Å². The monoisotopic (exact) mass is 729 g/mol. The van der Waals surface area contributed by atoms with Gasteiger partial charge in [-0.15, -0.1) is 23.0 Å². The summed E-state index contributed by atoms with van der Waals surface area (Å²) in [5, 5.41) is 11.5. The Labute approximate surface area is 357 Å². The van der Waals surface area contributed by atoms with Crippen molar-refractivity contribution in [3.63, 3.8) is 0 Å². The van der Waals surface area contributed by atoms with Crippen LogP contribution in [0, 0.1) is 13.8 Å². The second-order valence-corrected chi connectivity index (χ2v) is 10.9. The molecule has 2 unspecified atom stereocenters. The predicted octanol–water partition coefficient (Wildman–Crippen LogP) is -6.13. The van der Waals surface area contributed by atoms with Gasteiger partial charge in [-0.25, -0.2) is 10.5 Å². The van der Waals surface area contributed by atoms with E-state index in [9.17, 15) is 19.5 Å². The molecule has 5 rings (SSSR count). The summed E-state index contributed by atoms with van der Waals surface area (Å²) < 4.78 is 0. The molecule has 2 aliphatic rings. The molecule has 1 radical (unpaired) electrons. The fourth-order valence-electron chi connectivity index (χ4n) is 6.14. The zero-order valence-corrected chi connectivity index (χ0v) is 35.8. The molecular weight excluding hydrogens is 693 g/mol. The molecule has 0 saturated carbocycles. The third-order valence-electron chi connectivity index (χ3n) is 8.59. The Balaban J connectivity index is 0. The van der Waals surface area contributed by atoms with Crippen molar-refractivity contribution in [1.29, 1.82) is 0 Å². The van der Waals surface area contributed by atoms with E-state index in [0.717, 1.165) is 51.1 Å². The molecule has 0 spiro atoms. The number of carboxylic acid groups (broad SMARTS) is 1. The van der Waals surface area contributed by atoms with Crippen LogP contribution in [-0.4, -0.2) is 28.5 Å². The van der Waals surface area contributed by atoms with Crippen molar-refractivity contribution < 1.29 is 136 Å². The Bertz CT molecular complexity index is 1870. The number of carboxylic acids is 1. The number of carbonyl (C=O) groups excluding carboxylic acids is 3. The van der Waals surface area contributed by atoms with E-state index in [1.165, 1.54) is 0 Å². The molecule has 0 aliphatic carbocycles. The summed E-state index contributed by atoms with van der Waals surface area (Å²) in [5.41, 5.74) is 10.3. The third kappa shape index (κ3) is 9.19. The minimum absolute atomic E-state index is 0. The van der Waals surface area contributed by atoms with Crippen molar-refractivity contribution in [3.8, 4) is 0 Å². The molecule has 8 bridgehead atoms. The van der Waals surface area contributed by atoms with Gasteiger partial charge in [-0.05, 0) is 49.8 Å². The molecule has 5 heterocycles.